The van der Waals surface area contributed by atoms with E-state index in [-0.39, 0.29) is 11.3 Å². The summed E-state index contributed by atoms with van der Waals surface area (Å²) in [7, 11) is 0. The first-order chi connectivity index (χ1) is 8.24. The lowest BCUT2D eigenvalue weighted by Crippen LogP contribution is -2.55. The number of carbonyl (C=O) groups excluding carboxylic acids is 1. The quantitative estimate of drug-likeness (QED) is 0.698. The van der Waals surface area contributed by atoms with E-state index in [2.05, 4.69) is 5.32 Å². The molecular formula is C12H17ClN2O2. The molecular weight excluding hydrogens is 240 g/mol. The van der Waals surface area contributed by atoms with Gasteiger partial charge in [-0.3, -0.25) is 4.79 Å². The zero-order chi connectivity index (χ0) is 11.8. The van der Waals surface area contributed by atoms with Gasteiger partial charge in [-0.25, -0.2) is 0 Å². The number of piperidine rings is 2. The van der Waals surface area contributed by atoms with E-state index in [9.17, 15) is 4.79 Å². The highest BCUT2D eigenvalue weighted by Gasteiger charge is 2.38. The number of amides is 1. The second kappa shape index (κ2) is 4.50. The Morgan fingerprint density at radius 2 is 2.06 bits per heavy atom. The van der Waals surface area contributed by atoms with Gasteiger partial charge in [-0.05, 0) is 37.4 Å². The van der Waals surface area contributed by atoms with E-state index < -0.39 is 6.10 Å². The molecule has 94 valence electrons. The molecule has 4 unspecified atom stereocenters. The molecule has 0 radical (unpaired) electrons. The molecule has 1 amide bonds. The summed E-state index contributed by atoms with van der Waals surface area (Å²) in [6.07, 6.45) is 4.00. The highest BCUT2D eigenvalue weighted by atomic mass is 35.5. The average Bonchev–Trinajstić information content (AvgIpc) is 2.74. The van der Waals surface area contributed by atoms with Crippen LogP contribution >= 0.6 is 11.6 Å². The van der Waals surface area contributed by atoms with Crippen molar-refractivity contribution in [2.45, 2.75) is 17.9 Å². The third kappa shape index (κ3) is 2.16. The molecule has 17 heavy (non-hydrogen) atoms. The van der Waals surface area contributed by atoms with Crippen molar-refractivity contribution in [1.29, 1.82) is 0 Å². The molecule has 3 aliphatic rings. The fourth-order valence-corrected chi connectivity index (χ4v) is 3.27. The van der Waals surface area contributed by atoms with Crippen LogP contribution in [0.4, 0.5) is 0 Å². The Hall–Kier alpha value is -0.740. The van der Waals surface area contributed by atoms with Gasteiger partial charge in [-0.2, -0.15) is 0 Å². The van der Waals surface area contributed by atoms with Crippen molar-refractivity contribution in [3.05, 3.63) is 12.3 Å². The van der Waals surface area contributed by atoms with E-state index in [0.717, 1.165) is 26.2 Å². The molecule has 0 aromatic heterocycles. The van der Waals surface area contributed by atoms with Crippen molar-refractivity contribution >= 4 is 17.5 Å². The Kier molecular flexibility index (Phi) is 3.01. The van der Waals surface area contributed by atoms with E-state index in [0.29, 0.717) is 11.8 Å². The highest BCUT2D eigenvalue weighted by Crippen LogP contribution is 2.27. The van der Waals surface area contributed by atoms with Crippen LogP contribution in [-0.4, -0.2) is 48.5 Å². The van der Waals surface area contributed by atoms with Crippen LogP contribution in [0.3, 0.4) is 0 Å². The van der Waals surface area contributed by atoms with Gasteiger partial charge in [0.05, 0.1) is 6.26 Å². The van der Waals surface area contributed by atoms with Gasteiger partial charge >= 0.3 is 0 Å². The maximum Gasteiger partial charge on any atom is 0.265 e. The van der Waals surface area contributed by atoms with Gasteiger partial charge in [0.2, 0.25) is 0 Å². The van der Waals surface area contributed by atoms with Gasteiger partial charge in [0.25, 0.3) is 5.91 Å². The van der Waals surface area contributed by atoms with Crippen molar-refractivity contribution < 1.29 is 9.53 Å². The first-order valence-corrected chi connectivity index (χ1v) is 6.63. The van der Waals surface area contributed by atoms with Crippen molar-refractivity contribution in [1.82, 2.24) is 10.2 Å². The fourth-order valence-electron chi connectivity index (χ4n) is 3.04. The first kappa shape index (κ1) is 11.4. The standard InChI is InChI=1S/C12H17ClN2O2/c13-10-1-2-17-11(10)12(16)15-6-8-3-9(7-15)5-14-4-8/h1-2,8-11,14H,3-7H2. The van der Waals surface area contributed by atoms with E-state index in [1.807, 2.05) is 4.90 Å². The molecule has 5 heteroatoms. The zero-order valence-corrected chi connectivity index (χ0v) is 10.4. The largest absolute Gasteiger partial charge is 0.487 e. The van der Waals surface area contributed by atoms with Gasteiger partial charge in [0.15, 0.2) is 6.10 Å². The molecule has 2 saturated heterocycles. The van der Waals surface area contributed by atoms with Crippen LogP contribution in [0.2, 0.25) is 0 Å². The molecule has 4 nitrogen and oxygen atoms in total. The third-order valence-corrected chi connectivity index (χ3v) is 4.20. The maximum atomic E-state index is 12.3. The fraction of sp³-hybridized carbons (Fsp3) is 0.750. The summed E-state index contributed by atoms with van der Waals surface area (Å²) in [4.78, 5) is 14.2. The summed E-state index contributed by atoms with van der Waals surface area (Å²) in [5.41, 5.74) is 0. The average molecular weight is 257 g/mol. The van der Waals surface area contributed by atoms with Crippen LogP contribution in [0.15, 0.2) is 12.3 Å². The lowest BCUT2D eigenvalue weighted by atomic mass is 9.85. The molecule has 1 N–H and O–H groups in total. The number of nitrogens with zero attached hydrogens (tertiary/aromatic N) is 1. The van der Waals surface area contributed by atoms with Crippen molar-refractivity contribution in [2.75, 3.05) is 26.2 Å². The SMILES string of the molecule is O=C(C1OC=CC1Cl)N1CC2CNCC(C2)C1. The molecule has 3 heterocycles. The predicted octanol–water partition coefficient (Wildman–Crippen LogP) is 0.574. The minimum Gasteiger partial charge on any atom is -0.487 e. The minimum absolute atomic E-state index is 0.0478. The number of ether oxygens (including phenoxy) is 1. The smallest absolute Gasteiger partial charge is 0.265 e. The van der Waals surface area contributed by atoms with E-state index in [1.54, 1.807) is 6.08 Å². The third-order valence-electron chi connectivity index (χ3n) is 3.82. The molecule has 4 atom stereocenters. The lowest BCUT2D eigenvalue weighted by molar-refractivity contribution is -0.142. The topological polar surface area (TPSA) is 41.6 Å². The normalized spacial score (nSPS) is 40.2. The first-order valence-electron chi connectivity index (χ1n) is 6.20. The van der Waals surface area contributed by atoms with Crippen molar-refractivity contribution in [3.8, 4) is 0 Å². The van der Waals surface area contributed by atoms with Crippen LogP contribution in [0.1, 0.15) is 6.42 Å². The summed E-state index contributed by atoms with van der Waals surface area (Å²) in [5.74, 6) is 1.23. The molecule has 0 aromatic carbocycles. The molecule has 3 aliphatic heterocycles. The molecule has 0 spiro atoms. The van der Waals surface area contributed by atoms with Crippen LogP contribution in [0, 0.1) is 11.8 Å². The van der Waals surface area contributed by atoms with Gasteiger partial charge in [0, 0.05) is 13.1 Å². The molecule has 0 aliphatic carbocycles. The Morgan fingerprint density at radius 1 is 1.35 bits per heavy atom. The van der Waals surface area contributed by atoms with Crippen molar-refractivity contribution in [2.24, 2.45) is 11.8 Å². The Bertz CT molecular complexity index is 335. The summed E-state index contributed by atoms with van der Waals surface area (Å²) in [6.45, 7) is 3.72. The summed E-state index contributed by atoms with van der Waals surface area (Å²) >= 11 is 6.04. The molecule has 0 saturated carbocycles. The van der Waals surface area contributed by atoms with Crippen LogP contribution in [-0.2, 0) is 9.53 Å². The Morgan fingerprint density at radius 3 is 2.65 bits per heavy atom. The lowest BCUT2D eigenvalue weighted by Gasteiger charge is -2.42. The van der Waals surface area contributed by atoms with Gasteiger partial charge in [0.1, 0.15) is 5.38 Å². The predicted molar refractivity (Wildman–Crippen MR) is 64.7 cm³/mol. The van der Waals surface area contributed by atoms with E-state index in [4.69, 9.17) is 16.3 Å². The number of halogens is 1. The van der Waals surface area contributed by atoms with Crippen LogP contribution in [0.5, 0.6) is 0 Å². The van der Waals surface area contributed by atoms with Gasteiger partial charge in [-0.15, -0.1) is 11.6 Å². The number of alkyl halides is 1. The minimum atomic E-state index is -0.511. The number of hydrogen-bond acceptors (Lipinski definition) is 3. The number of carbonyl (C=O) groups is 1. The number of nitrogens with one attached hydrogen (secondary N) is 1. The number of fused-ring (bicyclic) bond motifs is 2. The molecule has 2 fully saturated rings. The van der Waals surface area contributed by atoms with E-state index >= 15 is 0 Å². The number of rotatable bonds is 1. The summed E-state index contributed by atoms with van der Waals surface area (Å²) in [6, 6.07) is 0. The Balaban J connectivity index is 1.66. The second-order valence-electron chi connectivity index (χ2n) is 5.20. The van der Waals surface area contributed by atoms with Crippen molar-refractivity contribution in [3.63, 3.8) is 0 Å². The highest BCUT2D eigenvalue weighted by molar-refractivity contribution is 6.24. The molecule has 3 rings (SSSR count). The summed E-state index contributed by atoms with van der Waals surface area (Å²) < 4.78 is 5.28. The van der Waals surface area contributed by atoms with Gasteiger partial charge in [-0.1, -0.05) is 0 Å². The number of likely N-dealkylation sites (tertiary alicyclic amines) is 1. The zero-order valence-electron chi connectivity index (χ0n) is 9.64. The monoisotopic (exact) mass is 256 g/mol. The second-order valence-corrected chi connectivity index (χ2v) is 5.70. The molecule has 2 bridgehead atoms. The number of hydrogen-bond donors (Lipinski definition) is 1. The van der Waals surface area contributed by atoms with Gasteiger partial charge < -0.3 is 15.0 Å². The van der Waals surface area contributed by atoms with Crippen LogP contribution in [0.25, 0.3) is 0 Å². The maximum absolute atomic E-state index is 12.3. The van der Waals surface area contributed by atoms with E-state index in [1.165, 1.54) is 12.7 Å². The molecule has 0 aromatic rings. The summed E-state index contributed by atoms with van der Waals surface area (Å²) in [5, 5.41) is 3.10. The Labute approximate surface area is 106 Å². The van der Waals surface area contributed by atoms with Crippen LogP contribution < -0.4 is 5.32 Å².